The first-order valence-electron chi connectivity index (χ1n) is 5.11. The van der Waals surface area contributed by atoms with Gasteiger partial charge in [0.15, 0.2) is 5.78 Å². The van der Waals surface area contributed by atoms with Crippen LogP contribution in [0.3, 0.4) is 0 Å². The van der Waals surface area contributed by atoms with Gasteiger partial charge >= 0.3 is 0 Å². The summed E-state index contributed by atoms with van der Waals surface area (Å²) in [6.07, 6.45) is 2.21. The van der Waals surface area contributed by atoms with Crippen molar-refractivity contribution in [2.24, 2.45) is 0 Å². The van der Waals surface area contributed by atoms with E-state index >= 15 is 0 Å². The fourth-order valence-electron chi connectivity index (χ4n) is 1.83. The van der Waals surface area contributed by atoms with Gasteiger partial charge in [-0.25, -0.2) is 0 Å². The summed E-state index contributed by atoms with van der Waals surface area (Å²) in [4.78, 5) is 12.2. The second kappa shape index (κ2) is 4.71. The van der Waals surface area contributed by atoms with Gasteiger partial charge in [-0.05, 0) is 37.1 Å². The molecule has 3 heteroatoms. The molecule has 1 saturated heterocycles. The van der Waals surface area contributed by atoms with Gasteiger partial charge in [0.2, 0.25) is 0 Å². The third kappa shape index (κ3) is 2.28. The minimum absolute atomic E-state index is 0.193. The van der Waals surface area contributed by atoms with Crippen molar-refractivity contribution in [3.63, 3.8) is 0 Å². The van der Waals surface area contributed by atoms with Crippen LogP contribution in [0.15, 0.2) is 22.7 Å². The van der Waals surface area contributed by atoms with Crippen LogP contribution in [0.4, 0.5) is 0 Å². The third-order valence-electron chi connectivity index (χ3n) is 2.76. The van der Waals surface area contributed by atoms with Gasteiger partial charge < -0.3 is 0 Å². The Hall–Kier alpha value is -0.280. The first kappa shape index (κ1) is 11.2. The van der Waals surface area contributed by atoms with E-state index in [-0.39, 0.29) is 5.25 Å². The van der Waals surface area contributed by atoms with Crippen molar-refractivity contribution in [3.8, 4) is 0 Å². The number of carbonyl (C=O) groups is 1. The standard InChI is InChI=1S/C12H13BrOS/c1-8-9(4-2-5-10(8)13)12(14)11-6-3-7-15-11/h2,4-5,11H,3,6-7H2,1H3. The lowest BCUT2D eigenvalue weighted by Crippen LogP contribution is -2.15. The molecule has 0 radical (unpaired) electrons. The number of hydrogen-bond acceptors (Lipinski definition) is 2. The van der Waals surface area contributed by atoms with Gasteiger partial charge in [0.1, 0.15) is 0 Å². The highest BCUT2D eigenvalue weighted by molar-refractivity contribution is 9.10. The topological polar surface area (TPSA) is 17.1 Å². The van der Waals surface area contributed by atoms with Crippen LogP contribution in [0.2, 0.25) is 0 Å². The molecule has 2 rings (SSSR count). The van der Waals surface area contributed by atoms with Crippen LogP contribution in [-0.2, 0) is 0 Å². The molecule has 1 aromatic carbocycles. The fraction of sp³-hybridized carbons (Fsp3) is 0.417. The molecule has 1 unspecified atom stereocenters. The zero-order valence-electron chi connectivity index (χ0n) is 8.63. The Kier molecular flexibility index (Phi) is 3.52. The maximum Gasteiger partial charge on any atom is 0.176 e. The van der Waals surface area contributed by atoms with Crippen LogP contribution >= 0.6 is 27.7 Å². The number of ketones is 1. The van der Waals surface area contributed by atoms with Crippen molar-refractivity contribution in [1.29, 1.82) is 0 Å². The molecule has 0 amide bonds. The van der Waals surface area contributed by atoms with Gasteiger partial charge in [-0.15, -0.1) is 0 Å². The van der Waals surface area contributed by atoms with Crippen LogP contribution in [0.25, 0.3) is 0 Å². The Morgan fingerprint density at radius 2 is 2.33 bits per heavy atom. The average molecular weight is 285 g/mol. The molecule has 1 aromatic rings. The van der Waals surface area contributed by atoms with Crippen LogP contribution in [-0.4, -0.2) is 16.8 Å². The Morgan fingerprint density at radius 3 is 3.00 bits per heavy atom. The summed E-state index contributed by atoms with van der Waals surface area (Å²) >= 11 is 5.26. The Balaban J connectivity index is 2.28. The number of hydrogen-bond donors (Lipinski definition) is 0. The molecule has 0 N–H and O–H groups in total. The van der Waals surface area contributed by atoms with Crippen molar-refractivity contribution in [1.82, 2.24) is 0 Å². The minimum Gasteiger partial charge on any atom is -0.293 e. The quantitative estimate of drug-likeness (QED) is 0.768. The lowest BCUT2D eigenvalue weighted by Gasteiger charge is -2.10. The van der Waals surface area contributed by atoms with E-state index in [9.17, 15) is 4.79 Å². The maximum absolute atomic E-state index is 12.2. The van der Waals surface area contributed by atoms with Gasteiger partial charge in [-0.2, -0.15) is 11.8 Å². The molecule has 1 aliphatic heterocycles. The smallest absolute Gasteiger partial charge is 0.176 e. The largest absolute Gasteiger partial charge is 0.293 e. The normalized spacial score (nSPS) is 20.5. The van der Waals surface area contributed by atoms with E-state index in [4.69, 9.17) is 0 Å². The highest BCUT2D eigenvalue weighted by Gasteiger charge is 2.25. The van der Waals surface area contributed by atoms with E-state index in [1.165, 1.54) is 6.42 Å². The zero-order chi connectivity index (χ0) is 10.8. The summed E-state index contributed by atoms with van der Waals surface area (Å²) in [7, 11) is 0. The first-order valence-corrected chi connectivity index (χ1v) is 6.95. The van der Waals surface area contributed by atoms with E-state index in [2.05, 4.69) is 15.9 Å². The van der Waals surface area contributed by atoms with Crippen molar-refractivity contribution in [2.45, 2.75) is 25.0 Å². The van der Waals surface area contributed by atoms with Gasteiger partial charge in [0.05, 0.1) is 5.25 Å². The summed E-state index contributed by atoms with van der Waals surface area (Å²) < 4.78 is 1.02. The molecule has 1 aliphatic rings. The third-order valence-corrected chi connectivity index (χ3v) is 4.99. The van der Waals surface area contributed by atoms with Crippen LogP contribution in [0, 0.1) is 6.92 Å². The Labute approximate surface area is 103 Å². The van der Waals surface area contributed by atoms with E-state index in [1.54, 1.807) is 11.8 Å². The van der Waals surface area contributed by atoms with Crippen molar-refractivity contribution >= 4 is 33.5 Å². The molecular weight excluding hydrogens is 272 g/mol. The lowest BCUT2D eigenvalue weighted by atomic mass is 10.0. The van der Waals surface area contributed by atoms with Crippen molar-refractivity contribution < 1.29 is 4.79 Å². The highest BCUT2D eigenvalue weighted by atomic mass is 79.9. The molecule has 1 heterocycles. The predicted molar refractivity (Wildman–Crippen MR) is 68.7 cm³/mol. The Morgan fingerprint density at radius 1 is 1.53 bits per heavy atom. The van der Waals surface area contributed by atoms with Crippen LogP contribution < -0.4 is 0 Å². The molecule has 1 nitrogen and oxygen atoms in total. The number of benzene rings is 1. The second-order valence-corrected chi connectivity index (χ2v) is 5.94. The molecule has 1 atom stereocenters. The monoisotopic (exact) mass is 284 g/mol. The van der Waals surface area contributed by atoms with Gasteiger partial charge in [0.25, 0.3) is 0 Å². The lowest BCUT2D eigenvalue weighted by molar-refractivity contribution is 0.0988. The van der Waals surface area contributed by atoms with Crippen molar-refractivity contribution in [2.75, 3.05) is 5.75 Å². The maximum atomic E-state index is 12.2. The Bertz CT molecular complexity index is 383. The molecule has 15 heavy (non-hydrogen) atoms. The number of carbonyl (C=O) groups excluding carboxylic acids is 1. The molecule has 0 spiro atoms. The van der Waals surface area contributed by atoms with Crippen molar-refractivity contribution in [3.05, 3.63) is 33.8 Å². The zero-order valence-corrected chi connectivity index (χ0v) is 11.0. The summed E-state index contributed by atoms with van der Waals surface area (Å²) in [5.41, 5.74) is 1.94. The van der Waals surface area contributed by atoms with E-state index in [0.717, 1.165) is 27.8 Å². The van der Waals surface area contributed by atoms with E-state index in [1.807, 2.05) is 25.1 Å². The summed E-state index contributed by atoms with van der Waals surface area (Å²) in [5, 5.41) is 0.193. The predicted octanol–water partition coefficient (Wildman–Crippen LogP) is 3.84. The number of rotatable bonds is 2. The van der Waals surface area contributed by atoms with Gasteiger partial charge in [0, 0.05) is 10.0 Å². The summed E-state index contributed by atoms with van der Waals surface area (Å²) in [5.74, 6) is 1.43. The molecule has 0 aromatic heterocycles. The van der Waals surface area contributed by atoms with Gasteiger partial charge in [-0.1, -0.05) is 28.1 Å². The highest BCUT2D eigenvalue weighted by Crippen LogP contribution is 2.31. The molecule has 1 fully saturated rings. The first-order chi connectivity index (χ1) is 7.20. The van der Waals surface area contributed by atoms with Gasteiger partial charge in [-0.3, -0.25) is 4.79 Å². The van der Waals surface area contributed by atoms with E-state index < -0.39 is 0 Å². The molecule has 80 valence electrons. The number of halogens is 1. The molecule has 0 saturated carbocycles. The molecule has 0 aliphatic carbocycles. The van der Waals surface area contributed by atoms with E-state index in [0.29, 0.717) is 5.78 Å². The minimum atomic E-state index is 0.193. The average Bonchev–Trinajstić information content (AvgIpc) is 2.74. The SMILES string of the molecule is Cc1c(Br)cccc1C(=O)C1CCCS1. The number of thioether (sulfide) groups is 1. The van der Waals surface area contributed by atoms with Crippen LogP contribution in [0.1, 0.15) is 28.8 Å². The fourth-order valence-corrected chi connectivity index (χ4v) is 3.43. The van der Waals surface area contributed by atoms with Crippen LogP contribution in [0.5, 0.6) is 0 Å². The summed E-state index contributed by atoms with van der Waals surface area (Å²) in [6, 6.07) is 5.85. The second-order valence-electron chi connectivity index (χ2n) is 3.78. The summed E-state index contributed by atoms with van der Waals surface area (Å²) in [6.45, 7) is 2.00. The number of Topliss-reactive ketones (excluding diaryl/α,β-unsaturated/α-hetero) is 1. The molecular formula is C12H13BrOS. The molecule has 0 bridgehead atoms.